The van der Waals surface area contributed by atoms with Crippen molar-refractivity contribution in [2.24, 2.45) is 5.73 Å². The second-order valence-electron chi connectivity index (χ2n) is 5.65. The van der Waals surface area contributed by atoms with Gasteiger partial charge in [0.1, 0.15) is 0 Å². The van der Waals surface area contributed by atoms with E-state index in [2.05, 4.69) is 22.8 Å². The van der Waals surface area contributed by atoms with Crippen molar-refractivity contribution in [3.63, 3.8) is 0 Å². The highest BCUT2D eigenvalue weighted by molar-refractivity contribution is 7.99. The van der Waals surface area contributed by atoms with Gasteiger partial charge in [0.2, 0.25) is 5.91 Å². The first kappa shape index (κ1) is 20.1. The predicted octanol–water partition coefficient (Wildman–Crippen LogP) is 3.74. The number of hydrogen-bond donors (Lipinski definition) is 3. The van der Waals surface area contributed by atoms with Crippen LogP contribution < -0.4 is 16.4 Å². The summed E-state index contributed by atoms with van der Waals surface area (Å²) in [4.78, 5) is 24.7. The van der Waals surface area contributed by atoms with E-state index in [1.54, 1.807) is 36.0 Å². The average molecular weight is 392 g/mol. The first-order valence-corrected chi connectivity index (χ1v) is 9.67. The summed E-state index contributed by atoms with van der Waals surface area (Å²) in [5.74, 6) is 0.756. The Hall–Kier alpha value is -2.18. The van der Waals surface area contributed by atoms with E-state index in [9.17, 15) is 9.59 Å². The number of carbonyl (C=O) groups is 2. The number of urea groups is 1. The van der Waals surface area contributed by atoms with Crippen LogP contribution in [0.3, 0.4) is 0 Å². The van der Waals surface area contributed by atoms with Crippen LogP contribution in [0, 0.1) is 0 Å². The molecule has 0 saturated carbocycles. The Bertz CT molecular complexity index is 728. The van der Waals surface area contributed by atoms with Gasteiger partial charge in [0.25, 0.3) is 0 Å². The molecule has 0 spiro atoms. The molecule has 0 saturated heterocycles. The summed E-state index contributed by atoms with van der Waals surface area (Å²) < 4.78 is 0. The van der Waals surface area contributed by atoms with E-state index in [1.807, 2.05) is 18.2 Å². The van der Waals surface area contributed by atoms with Gasteiger partial charge in [0.05, 0.1) is 12.5 Å². The Morgan fingerprint density at radius 3 is 2.46 bits per heavy atom. The number of amides is 3. The van der Waals surface area contributed by atoms with Crippen molar-refractivity contribution >= 4 is 35.3 Å². The van der Waals surface area contributed by atoms with Crippen LogP contribution in [0.1, 0.15) is 24.4 Å². The van der Waals surface area contributed by atoms with Crippen LogP contribution in [0.4, 0.5) is 4.79 Å². The first-order chi connectivity index (χ1) is 12.6. The number of halogens is 1. The van der Waals surface area contributed by atoms with E-state index >= 15 is 0 Å². The highest BCUT2D eigenvalue weighted by Crippen LogP contribution is 2.25. The van der Waals surface area contributed by atoms with Gasteiger partial charge in [0, 0.05) is 16.5 Å². The van der Waals surface area contributed by atoms with Crippen molar-refractivity contribution in [2.75, 3.05) is 12.3 Å². The van der Waals surface area contributed by atoms with Crippen molar-refractivity contribution in [2.45, 2.75) is 23.8 Å². The zero-order valence-corrected chi connectivity index (χ0v) is 15.9. The third kappa shape index (κ3) is 6.98. The molecule has 138 valence electrons. The van der Waals surface area contributed by atoms with Gasteiger partial charge in [-0.3, -0.25) is 4.79 Å². The largest absolute Gasteiger partial charge is 0.356 e. The molecule has 0 aliphatic heterocycles. The molecule has 0 radical (unpaired) electrons. The first-order valence-electron chi connectivity index (χ1n) is 8.31. The van der Waals surface area contributed by atoms with Crippen LogP contribution in [0.15, 0.2) is 59.5 Å². The average Bonchev–Trinajstić information content (AvgIpc) is 2.62. The molecule has 0 unspecified atom stereocenters. The van der Waals surface area contributed by atoms with E-state index < -0.39 is 12.1 Å². The number of thioether (sulfide) groups is 1. The topological polar surface area (TPSA) is 84.2 Å². The molecule has 5 nitrogen and oxygen atoms in total. The maximum Gasteiger partial charge on any atom is 0.312 e. The van der Waals surface area contributed by atoms with E-state index in [0.717, 1.165) is 12.2 Å². The molecule has 2 rings (SSSR count). The molecule has 0 heterocycles. The zero-order valence-electron chi connectivity index (χ0n) is 14.3. The number of nitrogens with two attached hydrogens (primary N) is 1. The van der Waals surface area contributed by atoms with Crippen LogP contribution in [0.25, 0.3) is 0 Å². The maximum absolute atomic E-state index is 12.2. The minimum absolute atomic E-state index is 0.0818. The Morgan fingerprint density at radius 1 is 1.08 bits per heavy atom. The lowest BCUT2D eigenvalue weighted by Gasteiger charge is -2.19. The van der Waals surface area contributed by atoms with Crippen LogP contribution in [-0.2, 0) is 4.79 Å². The number of rotatable bonds is 9. The lowest BCUT2D eigenvalue weighted by molar-refractivity contribution is -0.121. The van der Waals surface area contributed by atoms with Crippen LogP contribution in [0.5, 0.6) is 0 Å². The number of primary amides is 1. The van der Waals surface area contributed by atoms with Crippen LogP contribution in [-0.4, -0.2) is 24.2 Å². The summed E-state index contributed by atoms with van der Waals surface area (Å²) >= 11 is 7.91. The van der Waals surface area contributed by atoms with Crippen molar-refractivity contribution in [1.82, 2.24) is 10.6 Å². The second-order valence-corrected chi connectivity index (χ2v) is 7.23. The fourth-order valence-electron chi connectivity index (χ4n) is 2.43. The molecule has 26 heavy (non-hydrogen) atoms. The molecular weight excluding hydrogens is 370 g/mol. The summed E-state index contributed by atoms with van der Waals surface area (Å²) in [6, 6.07) is 15.9. The van der Waals surface area contributed by atoms with Gasteiger partial charge in [-0.1, -0.05) is 48.0 Å². The van der Waals surface area contributed by atoms with E-state index in [-0.39, 0.29) is 12.3 Å². The van der Waals surface area contributed by atoms with E-state index in [4.69, 9.17) is 17.3 Å². The number of benzene rings is 2. The number of carbonyl (C=O) groups excluding carboxylic acids is 2. The van der Waals surface area contributed by atoms with Crippen LogP contribution >= 0.6 is 23.4 Å². The molecule has 2 aromatic rings. The fraction of sp³-hybridized carbons (Fsp3) is 0.263. The molecule has 4 N–H and O–H groups in total. The smallest absolute Gasteiger partial charge is 0.312 e. The predicted molar refractivity (Wildman–Crippen MR) is 106 cm³/mol. The molecule has 0 bridgehead atoms. The zero-order chi connectivity index (χ0) is 18.8. The van der Waals surface area contributed by atoms with Crippen molar-refractivity contribution in [3.8, 4) is 0 Å². The summed E-state index contributed by atoms with van der Waals surface area (Å²) in [7, 11) is 0. The highest BCUT2D eigenvalue weighted by atomic mass is 35.5. The van der Waals surface area contributed by atoms with Gasteiger partial charge in [-0.25, -0.2) is 4.79 Å². The third-order valence-electron chi connectivity index (χ3n) is 3.64. The van der Waals surface area contributed by atoms with Gasteiger partial charge in [-0.2, -0.15) is 0 Å². The third-order valence-corrected chi connectivity index (χ3v) is 5.08. The van der Waals surface area contributed by atoms with Gasteiger partial charge in [-0.15, -0.1) is 11.8 Å². The lowest BCUT2D eigenvalue weighted by Crippen LogP contribution is -2.37. The SMILES string of the molecule is NC(=O)N[C@H](CC(=O)NCCCSc1ccccc1)c1ccccc1Cl. The monoisotopic (exact) mass is 391 g/mol. The molecule has 1 atom stereocenters. The number of nitrogens with one attached hydrogen (secondary N) is 2. The highest BCUT2D eigenvalue weighted by Gasteiger charge is 2.19. The normalized spacial score (nSPS) is 11.6. The van der Waals surface area contributed by atoms with Crippen molar-refractivity contribution in [1.29, 1.82) is 0 Å². The minimum Gasteiger partial charge on any atom is -0.356 e. The molecule has 3 amide bonds. The summed E-state index contributed by atoms with van der Waals surface area (Å²) in [5, 5.41) is 5.94. The van der Waals surface area contributed by atoms with Gasteiger partial charge < -0.3 is 16.4 Å². The number of hydrogen-bond acceptors (Lipinski definition) is 3. The van der Waals surface area contributed by atoms with Gasteiger partial charge in [-0.05, 0) is 35.9 Å². The lowest BCUT2D eigenvalue weighted by atomic mass is 10.0. The van der Waals surface area contributed by atoms with Gasteiger partial charge in [0.15, 0.2) is 0 Å². The Morgan fingerprint density at radius 2 is 1.77 bits per heavy atom. The molecular formula is C19H22ClN3O2S. The Balaban J connectivity index is 1.78. The van der Waals surface area contributed by atoms with Gasteiger partial charge >= 0.3 is 6.03 Å². The Labute approximate surface area is 162 Å². The molecule has 0 aromatic heterocycles. The quantitative estimate of drug-likeness (QED) is 0.449. The molecule has 2 aromatic carbocycles. The minimum atomic E-state index is -0.693. The molecule has 0 aliphatic carbocycles. The van der Waals surface area contributed by atoms with E-state index in [0.29, 0.717) is 17.1 Å². The Kier molecular flexibility index (Phi) is 8.31. The maximum atomic E-state index is 12.2. The second kappa shape index (κ2) is 10.7. The summed E-state index contributed by atoms with van der Waals surface area (Å²) in [6.45, 7) is 0.574. The van der Waals surface area contributed by atoms with Crippen LogP contribution in [0.2, 0.25) is 5.02 Å². The summed E-state index contributed by atoms with van der Waals surface area (Å²) in [5.41, 5.74) is 5.89. The standard InChI is InChI=1S/C19H22ClN3O2S/c20-16-10-5-4-9-15(16)17(23-19(21)25)13-18(24)22-11-6-12-26-14-7-2-1-3-8-14/h1-5,7-10,17H,6,11-13H2,(H,22,24)(H3,21,23,25)/t17-/m1/s1. The van der Waals surface area contributed by atoms with Crippen molar-refractivity contribution in [3.05, 3.63) is 65.2 Å². The molecule has 7 heteroatoms. The van der Waals surface area contributed by atoms with Crippen molar-refractivity contribution < 1.29 is 9.59 Å². The molecule has 0 aliphatic rings. The van der Waals surface area contributed by atoms with E-state index in [1.165, 1.54) is 4.90 Å². The fourth-order valence-corrected chi connectivity index (χ4v) is 3.57. The summed E-state index contributed by atoms with van der Waals surface area (Å²) in [6.07, 6.45) is 0.934. The molecule has 0 fully saturated rings.